The van der Waals surface area contributed by atoms with Crippen LogP contribution in [0.3, 0.4) is 0 Å². The van der Waals surface area contributed by atoms with Crippen molar-refractivity contribution in [3.8, 4) is 0 Å². The van der Waals surface area contributed by atoms with Crippen molar-refractivity contribution >= 4 is 17.9 Å². The van der Waals surface area contributed by atoms with Gasteiger partial charge in [0.15, 0.2) is 0 Å². The van der Waals surface area contributed by atoms with E-state index in [1.165, 1.54) is 13.8 Å². The summed E-state index contributed by atoms with van der Waals surface area (Å²) in [4.78, 5) is 29.6. The molecule has 0 radical (unpaired) electrons. The van der Waals surface area contributed by atoms with E-state index in [1.807, 2.05) is 0 Å². The average Bonchev–Trinajstić information content (AvgIpc) is 2.92. The third-order valence-electron chi connectivity index (χ3n) is 2.55. The third-order valence-corrected chi connectivity index (χ3v) is 2.55. The lowest BCUT2D eigenvalue weighted by Gasteiger charge is -2.06. The number of carboxylic acid groups (broad SMARTS) is 3. The van der Waals surface area contributed by atoms with Gasteiger partial charge in [-0.25, -0.2) is 0 Å². The number of rotatable bonds is 4. The summed E-state index contributed by atoms with van der Waals surface area (Å²) >= 11 is 0. The van der Waals surface area contributed by atoms with Crippen molar-refractivity contribution in [2.24, 2.45) is 11.5 Å². The van der Waals surface area contributed by atoms with Crippen molar-refractivity contribution in [1.82, 2.24) is 5.32 Å². The molecule has 0 aliphatic carbocycles. The summed E-state index contributed by atoms with van der Waals surface area (Å²) < 4.78 is 0. The van der Waals surface area contributed by atoms with E-state index in [0.29, 0.717) is 0 Å². The summed E-state index contributed by atoms with van der Waals surface area (Å²) in [6, 6.07) is -2.16. The first-order valence-corrected chi connectivity index (χ1v) is 6.61. The zero-order valence-electron chi connectivity index (χ0n) is 12.6. The molecule has 1 aliphatic heterocycles. The Kier molecular flexibility index (Phi) is 12.1. The standard InChI is InChI=1S/C5H9NO2.C4H9NO3.C3H7NO2/c7-5(8)4-2-1-3-6-4;1-2(6)3(5)4(7)8;1-2(4)3(5)6/h4,6H,1-3H2,(H,7,8);2-3,6H,5H2,1H3,(H,7,8);2H,4H2,1H3,(H,5,6)/t4-;2-,3+;2-/m010/s1. The molecule has 10 nitrogen and oxygen atoms in total. The molecule has 0 unspecified atom stereocenters. The Morgan fingerprint density at radius 3 is 1.64 bits per heavy atom. The topological polar surface area (TPSA) is 196 Å². The van der Waals surface area contributed by atoms with Crippen LogP contribution in [0.1, 0.15) is 26.7 Å². The normalized spacial score (nSPS) is 20.3. The first kappa shape index (κ1) is 22.5. The largest absolute Gasteiger partial charge is 0.480 e. The van der Waals surface area contributed by atoms with Crippen LogP contribution in [0.25, 0.3) is 0 Å². The first-order valence-electron chi connectivity index (χ1n) is 6.61. The molecule has 0 amide bonds. The molecule has 0 aromatic carbocycles. The van der Waals surface area contributed by atoms with Gasteiger partial charge in [-0.1, -0.05) is 0 Å². The minimum absolute atomic E-state index is 0.269. The molecule has 22 heavy (non-hydrogen) atoms. The number of carboxylic acids is 3. The quantitative estimate of drug-likeness (QED) is 0.304. The van der Waals surface area contributed by atoms with Crippen molar-refractivity contribution in [2.45, 2.75) is 50.9 Å². The van der Waals surface area contributed by atoms with Crippen molar-refractivity contribution < 1.29 is 34.8 Å². The second kappa shape index (κ2) is 11.9. The molecule has 0 bridgehead atoms. The first-order chi connectivity index (χ1) is 10.0. The van der Waals surface area contributed by atoms with E-state index in [0.717, 1.165) is 19.4 Å². The second-order valence-corrected chi connectivity index (χ2v) is 4.72. The fourth-order valence-electron chi connectivity index (χ4n) is 1.10. The van der Waals surface area contributed by atoms with Gasteiger partial charge >= 0.3 is 17.9 Å². The van der Waals surface area contributed by atoms with E-state index >= 15 is 0 Å². The zero-order chi connectivity index (χ0) is 17.9. The molecule has 130 valence electrons. The molecular formula is C12H25N3O7. The van der Waals surface area contributed by atoms with Gasteiger partial charge in [0.1, 0.15) is 18.1 Å². The van der Waals surface area contributed by atoms with Crippen molar-refractivity contribution in [3.63, 3.8) is 0 Å². The smallest absolute Gasteiger partial charge is 0.323 e. The van der Waals surface area contributed by atoms with Gasteiger partial charge in [0.25, 0.3) is 0 Å². The number of aliphatic hydroxyl groups excluding tert-OH is 1. The molecule has 0 aromatic rings. The van der Waals surface area contributed by atoms with Gasteiger partial charge in [-0.15, -0.1) is 0 Å². The predicted molar refractivity (Wildman–Crippen MR) is 77.2 cm³/mol. The number of hydrogen-bond acceptors (Lipinski definition) is 7. The van der Waals surface area contributed by atoms with Crippen LogP contribution in [0.2, 0.25) is 0 Å². The number of aliphatic hydroxyl groups is 1. The summed E-state index contributed by atoms with van der Waals surface area (Å²) in [5.74, 6) is -2.86. The summed E-state index contributed by atoms with van der Waals surface area (Å²) in [6.45, 7) is 3.61. The van der Waals surface area contributed by atoms with E-state index in [9.17, 15) is 14.4 Å². The molecule has 0 spiro atoms. The van der Waals surface area contributed by atoms with Gasteiger partial charge in [0.05, 0.1) is 6.10 Å². The van der Waals surface area contributed by atoms with Crippen LogP contribution < -0.4 is 16.8 Å². The Morgan fingerprint density at radius 1 is 1.09 bits per heavy atom. The third kappa shape index (κ3) is 12.0. The molecule has 1 aliphatic rings. The number of nitrogens with two attached hydrogens (primary N) is 2. The summed E-state index contributed by atoms with van der Waals surface area (Å²) in [5.41, 5.74) is 9.75. The van der Waals surface area contributed by atoms with Crippen molar-refractivity contribution in [2.75, 3.05) is 6.54 Å². The fourth-order valence-corrected chi connectivity index (χ4v) is 1.10. The lowest BCUT2D eigenvalue weighted by atomic mass is 10.2. The highest BCUT2D eigenvalue weighted by molar-refractivity contribution is 5.74. The lowest BCUT2D eigenvalue weighted by Crippen LogP contribution is -2.39. The molecule has 1 rings (SSSR count). The Hall–Kier alpha value is -1.75. The van der Waals surface area contributed by atoms with Crippen LogP contribution in [0, 0.1) is 0 Å². The van der Waals surface area contributed by atoms with Gasteiger partial charge in [0.2, 0.25) is 0 Å². The molecule has 1 saturated heterocycles. The second-order valence-electron chi connectivity index (χ2n) is 4.72. The zero-order valence-corrected chi connectivity index (χ0v) is 12.6. The molecule has 10 heteroatoms. The Labute approximate surface area is 128 Å². The van der Waals surface area contributed by atoms with Crippen LogP contribution in [0.15, 0.2) is 0 Å². The average molecular weight is 323 g/mol. The Balaban J connectivity index is 0. The van der Waals surface area contributed by atoms with Crippen LogP contribution >= 0.6 is 0 Å². The number of hydrogen-bond donors (Lipinski definition) is 7. The monoisotopic (exact) mass is 323 g/mol. The van der Waals surface area contributed by atoms with E-state index in [1.54, 1.807) is 0 Å². The minimum Gasteiger partial charge on any atom is -0.480 e. The molecule has 1 heterocycles. The molecule has 1 fully saturated rings. The van der Waals surface area contributed by atoms with Gasteiger partial charge < -0.3 is 37.2 Å². The van der Waals surface area contributed by atoms with Crippen LogP contribution in [0.4, 0.5) is 0 Å². The molecule has 4 atom stereocenters. The highest BCUT2D eigenvalue weighted by Gasteiger charge is 2.20. The van der Waals surface area contributed by atoms with E-state index in [2.05, 4.69) is 5.32 Å². The highest BCUT2D eigenvalue weighted by Crippen LogP contribution is 2.03. The predicted octanol–water partition coefficient (Wildman–Crippen LogP) is -1.98. The summed E-state index contributed by atoms with van der Waals surface area (Å²) in [7, 11) is 0. The maximum Gasteiger partial charge on any atom is 0.323 e. The summed E-state index contributed by atoms with van der Waals surface area (Å²) in [6.07, 6.45) is 0.805. The van der Waals surface area contributed by atoms with Crippen molar-refractivity contribution in [3.05, 3.63) is 0 Å². The van der Waals surface area contributed by atoms with Gasteiger partial charge in [-0.2, -0.15) is 0 Å². The van der Waals surface area contributed by atoms with E-state index < -0.39 is 36.1 Å². The van der Waals surface area contributed by atoms with E-state index in [4.69, 9.17) is 31.9 Å². The van der Waals surface area contributed by atoms with Crippen LogP contribution in [-0.4, -0.2) is 69.1 Å². The van der Waals surface area contributed by atoms with Crippen LogP contribution in [0.5, 0.6) is 0 Å². The van der Waals surface area contributed by atoms with Gasteiger partial charge in [-0.3, -0.25) is 14.4 Å². The minimum atomic E-state index is -1.18. The fraction of sp³-hybridized carbons (Fsp3) is 0.750. The molecular weight excluding hydrogens is 298 g/mol. The molecule has 9 N–H and O–H groups in total. The maximum atomic E-state index is 10.1. The number of nitrogens with one attached hydrogen (secondary N) is 1. The van der Waals surface area contributed by atoms with Crippen LogP contribution in [-0.2, 0) is 14.4 Å². The number of aliphatic carboxylic acids is 3. The number of carbonyl (C=O) groups is 3. The van der Waals surface area contributed by atoms with Gasteiger partial charge in [0, 0.05) is 0 Å². The highest BCUT2D eigenvalue weighted by atomic mass is 16.4. The summed E-state index contributed by atoms with van der Waals surface area (Å²) in [5, 5.41) is 35.6. The Morgan fingerprint density at radius 2 is 1.55 bits per heavy atom. The molecule has 0 saturated carbocycles. The van der Waals surface area contributed by atoms with Crippen molar-refractivity contribution in [1.29, 1.82) is 0 Å². The molecule has 0 aromatic heterocycles. The van der Waals surface area contributed by atoms with Gasteiger partial charge in [-0.05, 0) is 33.2 Å². The SMILES string of the molecule is C[C@@H](O)[C@H](N)C(=O)O.C[C@H](N)C(=O)O.O=C(O)[C@@H]1CCCN1. The van der Waals surface area contributed by atoms with E-state index in [-0.39, 0.29) is 6.04 Å². The maximum absolute atomic E-state index is 10.1. The Bertz CT molecular complexity index is 343. The lowest BCUT2D eigenvalue weighted by molar-refractivity contribution is -0.141.